The van der Waals surface area contributed by atoms with Gasteiger partial charge >= 0.3 is 5.97 Å². The van der Waals surface area contributed by atoms with Crippen molar-refractivity contribution in [3.8, 4) is 0 Å². The van der Waals surface area contributed by atoms with Gasteiger partial charge in [-0.25, -0.2) is 8.42 Å². The van der Waals surface area contributed by atoms with Crippen molar-refractivity contribution in [1.82, 2.24) is 9.88 Å². The number of hydrogen-bond acceptors (Lipinski definition) is 6. The quantitative estimate of drug-likeness (QED) is 0.666. The van der Waals surface area contributed by atoms with Crippen LogP contribution in [0.1, 0.15) is 17.0 Å². The number of sulfonamides is 1. The van der Waals surface area contributed by atoms with Crippen LogP contribution in [0.5, 0.6) is 0 Å². The van der Waals surface area contributed by atoms with Crippen LogP contribution in [0.2, 0.25) is 0 Å². The summed E-state index contributed by atoms with van der Waals surface area (Å²) in [7, 11) is -3.90. The highest BCUT2D eigenvalue weighted by Gasteiger charge is 2.24. The molecule has 3 aromatic rings. The molecule has 8 heteroatoms. The van der Waals surface area contributed by atoms with Gasteiger partial charge in [0.05, 0.1) is 0 Å². The van der Waals surface area contributed by atoms with Crippen LogP contribution in [0.3, 0.4) is 0 Å². The number of hydrogen-bond donors (Lipinski definition) is 1. The van der Waals surface area contributed by atoms with Gasteiger partial charge in [0, 0.05) is 0 Å². The van der Waals surface area contributed by atoms with E-state index in [2.05, 4.69) is 9.88 Å². The fourth-order valence-corrected chi connectivity index (χ4v) is 4.01. The molecule has 0 atom stereocenters. The predicted octanol–water partition coefficient (Wildman–Crippen LogP) is 2.47. The van der Waals surface area contributed by atoms with Gasteiger partial charge in [0.2, 0.25) is 10.0 Å². The van der Waals surface area contributed by atoms with Crippen molar-refractivity contribution in [1.29, 1.82) is 0 Å². The molecule has 136 valence electrons. The van der Waals surface area contributed by atoms with Crippen LogP contribution in [-0.2, 0) is 26.2 Å². The maximum atomic E-state index is 12.3. The Kier molecular flexibility index (Phi) is 5.06. The van der Waals surface area contributed by atoms with E-state index in [1.54, 1.807) is 0 Å². The van der Waals surface area contributed by atoms with Crippen LogP contribution >= 0.6 is 0 Å². The Bertz CT molecular complexity index is 1030. The molecule has 0 radical (unpaired) electrons. The minimum Gasteiger partial charge on any atom is -0.460 e. The second kappa shape index (κ2) is 7.27. The first-order valence-corrected chi connectivity index (χ1v) is 9.41. The van der Waals surface area contributed by atoms with Crippen molar-refractivity contribution < 1.29 is 22.5 Å². The summed E-state index contributed by atoms with van der Waals surface area (Å²) in [5.74, 6) is -0.507. The standard InChI is InChI=1S/C18H18N2O5S/c1-12-18(13(2)25-20-12)26(22,23)19-10-17(21)24-11-15-8-5-7-14-6-3-4-9-16(14)15/h3-9,19H,10-11H2,1-2H3. The number of benzene rings is 2. The monoisotopic (exact) mass is 374 g/mol. The number of fused-ring (bicyclic) bond motifs is 1. The number of nitrogens with one attached hydrogen (secondary N) is 1. The molecular weight excluding hydrogens is 356 g/mol. The second-order valence-electron chi connectivity index (χ2n) is 5.78. The first kappa shape index (κ1) is 18.1. The lowest BCUT2D eigenvalue weighted by Gasteiger charge is -2.09. The van der Waals surface area contributed by atoms with Crippen LogP contribution < -0.4 is 4.72 Å². The number of aromatic nitrogens is 1. The normalized spacial score (nSPS) is 11.6. The predicted molar refractivity (Wildman–Crippen MR) is 94.9 cm³/mol. The van der Waals surface area contributed by atoms with E-state index >= 15 is 0 Å². The minimum atomic E-state index is -3.90. The third-order valence-electron chi connectivity index (χ3n) is 3.91. The number of rotatable bonds is 6. The summed E-state index contributed by atoms with van der Waals surface area (Å²) in [6.07, 6.45) is 0. The topological polar surface area (TPSA) is 98.5 Å². The number of carbonyl (C=O) groups is 1. The summed E-state index contributed by atoms with van der Waals surface area (Å²) >= 11 is 0. The SMILES string of the molecule is Cc1noc(C)c1S(=O)(=O)NCC(=O)OCc1cccc2ccccc12. The summed E-state index contributed by atoms with van der Waals surface area (Å²) in [5.41, 5.74) is 1.09. The average molecular weight is 374 g/mol. The number of ether oxygens (including phenoxy) is 1. The Hall–Kier alpha value is -2.71. The van der Waals surface area contributed by atoms with Gasteiger partial charge in [0.15, 0.2) is 5.76 Å². The molecule has 3 rings (SSSR count). The number of carbonyl (C=O) groups excluding carboxylic acids is 1. The maximum Gasteiger partial charge on any atom is 0.321 e. The molecule has 0 bridgehead atoms. The van der Waals surface area contributed by atoms with E-state index in [1.165, 1.54) is 13.8 Å². The lowest BCUT2D eigenvalue weighted by atomic mass is 10.1. The molecule has 0 spiro atoms. The van der Waals surface area contributed by atoms with Gasteiger partial charge in [-0.2, -0.15) is 4.72 Å². The lowest BCUT2D eigenvalue weighted by molar-refractivity contribution is -0.143. The van der Waals surface area contributed by atoms with Crippen LogP contribution in [0.15, 0.2) is 51.9 Å². The van der Waals surface area contributed by atoms with E-state index in [1.807, 2.05) is 42.5 Å². The molecule has 0 saturated heterocycles. The van der Waals surface area contributed by atoms with E-state index in [9.17, 15) is 13.2 Å². The van der Waals surface area contributed by atoms with Crippen molar-refractivity contribution in [2.24, 2.45) is 0 Å². The van der Waals surface area contributed by atoms with Gasteiger partial charge in [0.25, 0.3) is 0 Å². The Morgan fingerprint density at radius 1 is 1.15 bits per heavy atom. The van der Waals surface area contributed by atoms with Crippen LogP contribution in [-0.4, -0.2) is 26.1 Å². The summed E-state index contributed by atoms with van der Waals surface area (Å²) < 4.78 is 36.8. The van der Waals surface area contributed by atoms with Gasteiger partial charge in [-0.1, -0.05) is 47.6 Å². The molecule has 0 aliphatic rings. The van der Waals surface area contributed by atoms with Gasteiger partial charge in [-0.3, -0.25) is 4.79 Å². The van der Waals surface area contributed by atoms with Gasteiger partial charge in [0.1, 0.15) is 23.7 Å². The highest BCUT2D eigenvalue weighted by Crippen LogP contribution is 2.20. The molecule has 0 unspecified atom stereocenters. The zero-order chi connectivity index (χ0) is 18.7. The zero-order valence-electron chi connectivity index (χ0n) is 14.4. The summed E-state index contributed by atoms with van der Waals surface area (Å²) in [6.45, 7) is 2.60. The number of nitrogens with zero attached hydrogens (tertiary/aromatic N) is 1. The smallest absolute Gasteiger partial charge is 0.321 e. The van der Waals surface area contributed by atoms with Gasteiger partial charge < -0.3 is 9.26 Å². The number of esters is 1. The van der Waals surface area contributed by atoms with Crippen molar-refractivity contribution in [3.63, 3.8) is 0 Å². The highest BCUT2D eigenvalue weighted by molar-refractivity contribution is 7.89. The van der Waals surface area contributed by atoms with E-state index in [0.717, 1.165) is 16.3 Å². The molecule has 1 aromatic heterocycles. The number of aryl methyl sites for hydroxylation is 2. The molecule has 1 heterocycles. The highest BCUT2D eigenvalue weighted by atomic mass is 32.2. The Morgan fingerprint density at radius 2 is 1.88 bits per heavy atom. The molecule has 26 heavy (non-hydrogen) atoms. The fourth-order valence-electron chi connectivity index (χ4n) is 2.71. The molecule has 0 fully saturated rings. The largest absolute Gasteiger partial charge is 0.460 e. The van der Waals surface area contributed by atoms with Crippen LogP contribution in [0.4, 0.5) is 0 Å². The lowest BCUT2D eigenvalue weighted by Crippen LogP contribution is -2.31. The average Bonchev–Trinajstić information content (AvgIpc) is 2.97. The van der Waals surface area contributed by atoms with Crippen molar-refractivity contribution >= 4 is 26.8 Å². The first-order chi connectivity index (χ1) is 12.4. The van der Waals surface area contributed by atoms with Crippen LogP contribution in [0.25, 0.3) is 10.8 Å². The second-order valence-corrected chi connectivity index (χ2v) is 7.48. The summed E-state index contributed by atoms with van der Waals surface area (Å²) in [5, 5.41) is 5.63. The Labute approximate surface area is 151 Å². The van der Waals surface area contributed by atoms with Crippen molar-refractivity contribution in [2.45, 2.75) is 25.3 Å². The molecule has 2 aromatic carbocycles. The van der Waals surface area contributed by atoms with Crippen molar-refractivity contribution in [2.75, 3.05) is 6.54 Å². The Morgan fingerprint density at radius 3 is 2.62 bits per heavy atom. The fraction of sp³-hybridized carbons (Fsp3) is 0.222. The third kappa shape index (κ3) is 3.76. The molecule has 0 aliphatic heterocycles. The van der Waals surface area contributed by atoms with E-state index < -0.39 is 22.5 Å². The zero-order valence-corrected chi connectivity index (χ0v) is 15.2. The molecule has 0 saturated carbocycles. The van der Waals surface area contributed by atoms with Gasteiger partial charge in [-0.15, -0.1) is 0 Å². The maximum absolute atomic E-state index is 12.3. The first-order valence-electron chi connectivity index (χ1n) is 7.93. The molecule has 0 amide bonds. The van der Waals surface area contributed by atoms with Crippen molar-refractivity contribution in [3.05, 3.63) is 59.5 Å². The Balaban J connectivity index is 1.63. The molecule has 0 aliphatic carbocycles. The third-order valence-corrected chi connectivity index (χ3v) is 5.56. The summed E-state index contributed by atoms with van der Waals surface area (Å²) in [4.78, 5) is 11.9. The molecular formula is C18H18N2O5S. The minimum absolute atomic E-state index is 0.0562. The van der Waals surface area contributed by atoms with E-state index in [0.29, 0.717) is 0 Å². The van der Waals surface area contributed by atoms with Crippen LogP contribution in [0, 0.1) is 13.8 Å². The molecule has 7 nitrogen and oxygen atoms in total. The summed E-state index contributed by atoms with van der Waals surface area (Å²) in [6, 6.07) is 13.5. The van der Waals surface area contributed by atoms with Gasteiger partial charge in [-0.05, 0) is 30.2 Å². The van der Waals surface area contributed by atoms with E-state index in [-0.39, 0.29) is 23.0 Å². The van der Waals surface area contributed by atoms with E-state index in [4.69, 9.17) is 9.26 Å². The molecule has 1 N–H and O–H groups in total.